The molecule has 1 aromatic rings. The molecule has 0 saturated carbocycles. The Morgan fingerprint density at radius 3 is 2.47 bits per heavy atom. The van der Waals surface area contributed by atoms with Crippen LogP contribution < -0.4 is 38.3 Å². The van der Waals surface area contributed by atoms with Crippen molar-refractivity contribution in [2.75, 3.05) is 18.5 Å². The van der Waals surface area contributed by atoms with Gasteiger partial charge in [0.25, 0.3) is 0 Å². The molecule has 18 heteroatoms. The fourth-order valence-electron chi connectivity index (χ4n) is 6.83. The lowest BCUT2D eigenvalue weighted by atomic mass is 9.87. The van der Waals surface area contributed by atoms with E-state index < -0.39 is 60.0 Å². The van der Waals surface area contributed by atoms with E-state index in [0.717, 1.165) is 12.0 Å². The van der Waals surface area contributed by atoms with Crippen LogP contribution in [-0.4, -0.2) is 108 Å². The number of hydrogen-bond donors (Lipinski definition) is 9. The lowest BCUT2D eigenvalue weighted by Crippen LogP contribution is -2.51. The minimum absolute atomic E-state index is 0.0545. The Bertz CT molecular complexity index is 1660. The van der Waals surface area contributed by atoms with E-state index in [1.807, 2.05) is 26.0 Å². The first-order valence-electron chi connectivity index (χ1n) is 19.6. The van der Waals surface area contributed by atoms with E-state index in [-0.39, 0.29) is 43.1 Å². The number of epoxide rings is 1. The van der Waals surface area contributed by atoms with Crippen LogP contribution in [0.4, 0.5) is 15.3 Å². The van der Waals surface area contributed by atoms with E-state index >= 15 is 0 Å². The van der Waals surface area contributed by atoms with E-state index in [9.17, 15) is 34.2 Å². The van der Waals surface area contributed by atoms with Crippen LogP contribution in [0.5, 0.6) is 0 Å². The number of nitrogens with one attached hydrogen (secondary N) is 5. The van der Waals surface area contributed by atoms with Crippen molar-refractivity contribution in [1.82, 2.24) is 21.5 Å². The number of benzene rings is 1. The van der Waals surface area contributed by atoms with Crippen LogP contribution in [-0.2, 0) is 39.9 Å². The van der Waals surface area contributed by atoms with Crippen molar-refractivity contribution in [2.45, 2.75) is 127 Å². The number of allylic oxidation sites excluding steroid dienone is 2. The van der Waals surface area contributed by atoms with Crippen molar-refractivity contribution in [1.29, 1.82) is 0 Å². The molecule has 4 rings (SSSR count). The molecule has 0 aliphatic carbocycles. The van der Waals surface area contributed by atoms with Crippen LogP contribution in [0.2, 0.25) is 0 Å². The fraction of sp³-hybridized carbons (Fsp3) is 0.575. The number of primary amides is 1. The minimum Gasteiger partial charge on any atom is -0.443 e. The van der Waals surface area contributed by atoms with Gasteiger partial charge in [-0.1, -0.05) is 48.9 Å². The van der Waals surface area contributed by atoms with Crippen molar-refractivity contribution in [3.05, 3.63) is 65.8 Å². The van der Waals surface area contributed by atoms with Gasteiger partial charge in [-0.15, -0.1) is 0 Å². The maximum atomic E-state index is 12.8. The van der Waals surface area contributed by atoms with Gasteiger partial charge in [-0.25, -0.2) is 15.0 Å². The Hall–Kier alpha value is -4.85. The summed E-state index contributed by atoms with van der Waals surface area (Å²) in [5.41, 5.74) is 16.4. The second-order valence-corrected chi connectivity index (χ2v) is 15.2. The van der Waals surface area contributed by atoms with Crippen molar-refractivity contribution < 1.29 is 53.1 Å². The summed E-state index contributed by atoms with van der Waals surface area (Å²) in [6.45, 7) is 8.08. The Labute approximate surface area is 338 Å². The second kappa shape index (κ2) is 21.8. The van der Waals surface area contributed by atoms with E-state index in [1.54, 1.807) is 37.3 Å². The summed E-state index contributed by atoms with van der Waals surface area (Å²) < 4.78 is 23.2. The van der Waals surface area contributed by atoms with Crippen molar-refractivity contribution in [3.63, 3.8) is 0 Å². The average molecular weight is 814 g/mol. The summed E-state index contributed by atoms with van der Waals surface area (Å²) in [5, 5.41) is 28.5. The molecule has 58 heavy (non-hydrogen) atoms. The van der Waals surface area contributed by atoms with E-state index in [0.29, 0.717) is 50.1 Å². The quantitative estimate of drug-likeness (QED) is 0.0468. The number of rotatable bonds is 17. The minimum atomic E-state index is -0.934. The summed E-state index contributed by atoms with van der Waals surface area (Å²) in [5.74, 6) is -1.08. The van der Waals surface area contributed by atoms with Gasteiger partial charge < -0.3 is 56.6 Å². The Morgan fingerprint density at radius 1 is 1.09 bits per heavy atom. The number of amides is 6. The maximum absolute atomic E-state index is 12.8. The van der Waals surface area contributed by atoms with Crippen LogP contribution in [0.15, 0.2) is 60.2 Å². The van der Waals surface area contributed by atoms with Crippen molar-refractivity contribution >= 4 is 35.5 Å². The lowest BCUT2D eigenvalue weighted by Gasteiger charge is -2.39. The number of hydrazine groups is 1. The van der Waals surface area contributed by atoms with Crippen LogP contribution >= 0.6 is 0 Å². The summed E-state index contributed by atoms with van der Waals surface area (Å²) in [6, 6.07) is 4.67. The molecule has 10 atom stereocenters. The number of hydrogen-bond acceptors (Lipinski definition) is 12. The number of anilines is 1. The predicted molar refractivity (Wildman–Crippen MR) is 212 cm³/mol. The first-order valence-corrected chi connectivity index (χ1v) is 19.6. The molecule has 3 fully saturated rings. The third-order valence-corrected chi connectivity index (χ3v) is 10.2. The molecule has 0 radical (unpaired) electrons. The number of nitrogens with two attached hydrogens (primary N) is 2. The summed E-state index contributed by atoms with van der Waals surface area (Å²) >= 11 is 0. The van der Waals surface area contributed by atoms with Gasteiger partial charge in [-0.05, 0) is 76.6 Å². The highest BCUT2D eigenvalue weighted by Gasteiger charge is 2.58. The standard InChI is InChI=1S/C40H59N7O11/c1-23(7-14-32-24(2)18-31(26(4)57-32)44-34(49)16-9-25(3)48)8-15-33-36(51)40(22-56-40)20-29(58-33)19-35(50)46-47-39(54)55-21-27-10-12-28(13-11-27)43-37(52)30(6-5-17-41)45-38(42)53/h7-13,15-16,24-26,29-33,36,48,51H,5-6,14,17-22,41H2,1-4H3,(H,43,52)(H,44,49)(H,46,50)(H,47,54)(H3,42,45,53)/b15-8+,16-9-,23-7+/t24-,25-,26+,29+,30-,31+,32-,33+,36+,40+/m0/s1. The summed E-state index contributed by atoms with van der Waals surface area (Å²) in [7, 11) is 0. The zero-order chi connectivity index (χ0) is 42.4. The second-order valence-electron chi connectivity index (χ2n) is 15.2. The van der Waals surface area contributed by atoms with Gasteiger partial charge in [-0.2, -0.15) is 0 Å². The SMILES string of the molecule is CC(/C=C/[C@H]1O[C@H](CC(=O)NNC(=O)OCc2ccc(NC(=O)[C@H](CCCN)NC(N)=O)cc2)C[C@@]2(CO2)[C@@H]1O)=C\C[C@@H]1O[C@H](C)[C@H](NC(=O)/C=C\[C@H](C)O)C[C@@H]1C. The van der Waals surface area contributed by atoms with Gasteiger partial charge in [0, 0.05) is 18.2 Å². The number of aliphatic hydroxyl groups excluding tert-OH is 2. The largest absolute Gasteiger partial charge is 0.443 e. The number of carbonyl (C=O) groups excluding carboxylic acids is 5. The lowest BCUT2D eigenvalue weighted by molar-refractivity contribution is -0.145. The van der Waals surface area contributed by atoms with Gasteiger partial charge >= 0.3 is 12.1 Å². The monoisotopic (exact) mass is 813 g/mol. The average Bonchev–Trinajstić information content (AvgIpc) is 3.95. The third kappa shape index (κ3) is 14.5. The third-order valence-electron chi connectivity index (χ3n) is 10.2. The molecule has 0 bridgehead atoms. The topological polar surface area (TPSA) is 278 Å². The molecule has 1 spiro atoms. The molecule has 1 aromatic carbocycles. The Kier molecular flexibility index (Phi) is 17.2. The molecule has 0 aromatic heterocycles. The van der Waals surface area contributed by atoms with E-state index in [1.165, 1.54) is 12.2 Å². The van der Waals surface area contributed by atoms with Crippen LogP contribution in [0.1, 0.15) is 71.8 Å². The smallest absolute Gasteiger partial charge is 0.426 e. The highest BCUT2D eigenvalue weighted by atomic mass is 16.6. The summed E-state index contributed by atoms with van der Waals surface area (Å²) in [4.78, 5) is 61.2. The molecule has 18 nitrogen and oxygen atoms in total. The molecule has 3 aliphatic heterocycles. The zero-order valence-electron chi connectivity index (χ0n) is 33.5. The highest BCUT2D eigenvalue weighted by molar-refractivity contribution is 5.96. The molecular formula is C40H59N7O11. The number of urea groups is 1. The van der Waals surface area contributed by atoms with Gasteiger partial charge in [-0.3, -0.25) is 19.8 Å². The highest BCUT2D eigenvalue weighted by Crippen LogP contribution is 2.43. The molecule has 3 saturated heterocycles. The number of aliphatic hydroxyl groups is 2. The number of carbonyl (C=O) groups is 5. The van der Waals surface area contributed by atoms with Crippen LogP contribution in [0.25, 0.3) is 0 Å². The van der Waals surface area contributed by atoms with E-state index in [4.69, 9.17) is 30.4 Å². The molecule has 3 heterocycles. The molecule has 3 aliphatic rings. The number of ether oxygens (including phenoxy) is 4. The molecular weight excluding hydrogens is 754 g/mol. The zero-order valence-corrected chi connectivity index (χ0v) is 33.5. The van der Waals surface area contributed by atoms with Gasteiger partial charge in [0.2, 0.25) is 17.7 Å². The first kappa shape index (κ1) is 45.8. The van der Waals surface area contributed by atoms with Crippen molar-refractivity contribution in [2.24, 2.45) is 17.4 Å². The summed E-state index contributed by atoms with van der Waals surface area (Å²) in [6.07, 6.45) is 6.70. The van der Waals surface area contributed by atoms with Crippen LogP contribution in [0, 0.1) is 5.92 Å². The van der Waals surface area contributed by atoms with Crippen molar-refractivity contribution in [3.8, 4) is 0 Å². The fourth-order valence-corrected chi connectivity index (χ4v) is 6.83. The Morgan fingerprint density at radius 2 is 1.81 bits per heavy atom. The molecule has 11 N–H and O–H groups in total. The maximum Gasteiger partial charge on any atom is 0.426 e. The van der Waals surface area contributed by atoms with Gasteiger partial charge in [0.05, 0.1) is 43.5 Å². The van der Waals surface area contributed by atoms with Gasteiger partial charge in [0.1, 0.15) is 30.5 Å². The molecule has 0 unspecified atom stereocenters. The first-order chi connectivity index (χ1) is 27.6. The molecule has 320 valence electrons. The molecule has 6 amide bonds. The Balaban J connectivity index is 1.19. The normalized spacial score (nSPS) is 28.1. The van der Waals surface area contributed by atoms with E-state index in [2.05, 4.69) is 33.7 Å². The van der Waals surface area contributed by atoms with Crippen LogP contribution in [0.3, 0.4) is 0 Å². The van der Waals surface area contributed by atoms with Gasteiger partial charge in [0.15, 0.2) is 0 Å². The predicted octanol–water partition coefficient (Wildman–Crippen LogP) is 1.46.